The number of hydrogen-bond donors (Lipinski definition) is 2. The maximum atomic E-state index is 13.4. The lowest BCUT2D eigenvalue weighted by Crippen LogP contribution is -2.34. The van der Waals surface area contributed by atoms with Crippen LogP contribution in [-0.4, -0.2) is 23.5 Å². The molecule has 2 N–H and O–H groups in total. The van der Waals surface area contributed by atoms with Crippen molar-refractivity contribution in [1.82, 2.24) is 5.32 Å². The normalized spacial score (nSPS) is 11.9. The highest BCUT2D eigenvalue weighted by molar-refractivity contribution is 5.79. The quantitative estimate of drug-likeness (QED) is 0.806. The Kier molecular flexibility index (Phi) is 6.09. The topological polar surface area (TPSA) is 66.4 Å². The minimum atomic E-state index is -1.05. The Morgan fingerprint density at radius 2 is 2.05 bits per heavy atom. The Bertz CT molecular complexity index is 491. The number of amides is 1. The number of carbonyl (C=O) groups is 2. The molecule has 0 aliphatic rings. The summed E-state index contributed by atoms with van der Waals surface area (Å²) >= 11 is 0. The third-order valence-electron chi connectivity index (χ3n) is 2.91. The fourth-order valence-electron chi connectivity index (χ4n) is 1.82. The van der Waals surface area contributed by atoms with Crippen molar-refractivity contribution < 1.29 is 23.5 Å². The molecule has 0 bridgehead atoms. The van der Waals surface area contributed by atoms with E-state index in [1.54, 1.807) is 0 Å². The van der Waals surface area contributed by atoms with Crippen molar-refractivity contribution in [3.63, 3.8) is 0 Å². The molecule has 0 aromatic heterocycles. The second-order valence-electron chi connectivity index (χ2n) is 4.52. The van der Waals surface area contributed by atoms with Crippen LogP contribution >= 0.6 is 0 Å². The molecule has 20 heavy (non-hydrogen) atoms. The first kappa shape index (κ1) is 16.1. The summed E-state index contributed by atoms with van der Waals surface area (Å²) < 4.78 is 26.3. The molecule has 1 aromatic carbocycles. The number of aliphatic carboxylic acids is 1. The van der Waals surface area contributed by atoms with E-state index in [4.69, 9.17) is 5.11 Å². The lowest BCUT2D eigenvalue weighted by atomic mass is 10.0. The number of carboxylic acid groups (broad SMARTS) is 1. The van der Waals surface area contributed by atoms with Crippen molar-refractivity contribution in [1.29, 1.82) is 0 Å². The summed E-state index contributed by atoms with van der Waals surface area (Å²) in [6, 6.07) is 3.61. The third-order valence-corrected chi connectivity index (χ3v) is 2.91. The first-order valence-corrected chi connectivity index (χ1v) is 6.38. The van der Waals surface area contributed by atoms with Crippen molar-refractivity contribution in [2.24, 2.45) is 5.92 Å². The minimum Gasteiger partial charge on any atom is -0.481 e. The Morgan fingerprint density at radius 1 is 1.35 bits per heavy atom. The van der Waals surface area contributed by atoms with Crippen LogP contribution in [0.4, 0.5) is 8.78 Å². The van der Waals surface area contributed by atoms with Gasteiger partial charge in [0.1, 0.15) is 0 Å². The van der Waals surface area contributed by atoms with Crippen molar-refractivity contribution >= 4 is 11.9 Å². The zero-order valence-electron chi connectivity index (χ0n) is 11.2. The smallest absolute Gasteiger partial charge is 0.308 e. The highest BCUT2D eigenvalue weighted by atomic mass is 19.2. The minimum absolute atomic E-state index is 0.0149. The van der Waals surface area contributed by atoms with Gasteiger partial charge in [0, 0.05) is 12.1 Å². The molecule has 0 saturated carbocycles. The van der Waals surface area contributed by atoms with Crippen LogP contribution in [0, 0.1) is 17.6 Å². The molecule has 0 heterocycles. The Labute approximate surface area is 115 Å². The van der Waals surface area contributed by atoms with Crippen molar-refractivity contribution in [2.45, 2.75) is 26.2 Å². The fourth-order valence-corrected chi connectivity index (χ4v) is 1.82. The summed E-state index contributed by atoms with van der Waals surface area (Å²) in [5, 5.41) is 11.4. The van der Waals surface area contributed by atoms with Gasteiger partial charge in [-0.1, -0.05) is 25.5 Å². The van der Waals surface area contributed by atoms with Gasteiger partial charge in [-0.05, 0) is 12.5 Å². The zero-order valence-corrected chi connectivity index (χ0v) is 11.2. The number of hydrogen-bond acceptors (Lipinski definition) is 2. The molecule has 1 aromatic rings. The number of benzene rings is 1. The van der Waals surface area contributed by atoms with E-state index in [0.717, 1.165) is 6.07 Å². The molecule has 0 saturated heterocycles. The lowest BCUT2D eigenvalue weighted by Gasteiger charge is -2.12. The molecule has 6 heteroatoms. The van der Waals surface area contributed by atoms with Crippen molar-refractivity contribution in [3.8, 4) is 0 Å². The summed E-state index contributed by atoms with van der Waals surface area (Å²) in [4.78, 5) is 22.5. The molecule has 1 rings (SSSR count). The van der Waals surface area contributed by atoms with Crippen LogP contribution in [0.5, 0.6) is 0 Å². The lowest BCUT2D eigenvalue weighted by molar-refractivity contribution is -0.141. The summed E-state index contributed by atoms with van der Waals surface area (Å²) in [6.45, 7) is 1.83. The standard InChI is InChI=1S/C14H17F2NO3/c1-2-4-10(14(19)20)8-17-12(18)7-9-5-3-6-11(15)13(9)16/h3,5-6,10H,2,4,7-8H2,1H3,(H,17,18)(H,19,20). The molecule has 1 atom stereocenters. The van der Waals surface area contributed by atoms with Crippen LogP contribution in [0.15, 0.2) is 18.2 Å². The van der Waals surface area contributed by atoms with Crippen molar-refractivity contribution in [2.75, 3.05) is 6.54 Å². The van der Waals surface area contributed by atoms with Crippen molar-refractivity contribution in [3.05, 3.63) is 35.4 Å². The van der Waals surface area contributed by atoms with Gasteiger partial charge in [-0.2, -0.15) is 0 Å². The molecule has 0 spiro atoms. The van der Waals surface area contributed by atoms with Gasteiger partial charge in [0.2, 0.25) is 5.91 Å². The van der Waals surface area contributed by atoms with Gasteiger partial charge in [-0.3, -0.25) is 9.59 Å². The molecule has 0 aliphatic carbocycles. The van der Waals surface area contributed by atoms with Gasteiger partial charge in [0.25, 0.3) is 0 Å². The molecule has 0 aliphatic heterocycles. The van der Waals surface area contributed by atoms with Crippen LogP contribution in [0.1, 0.15) is 25.3 Å². The van der Waals surface area contributed by atoms with Crippen LogP contribution < -0.4 is 5.32 Å². The first-order valence-electron chi connectivity index (χ1n) is 6.38. The second kappa shape index (κ2) is 7.57. The average Bonchev–Trinajstić information content (AvgIpc) is 2.39. The number of carbonyl (C=O) groups excluding carboxylic acids is 1. The van der Waals surface area contributed by atoms with Crippen LogP contribution in [0.25, 0.3) is 0 Å². The molecule has 1 amide bonds. The number of nitrogens with one attached hydrogen (secondary N) is 1. The molecule has 1 unspecified atom stereocenters. The van der Waals surface area contributed by atoms with E-state index in [9.17, 15) is 18.4 Å². The maximum absolute atomic E-state index is 13.4. The molecule has 0 radical (unpaired) electrons. The second-order valence-corrected chi connectivity index (χ2v) is 4.52. The van der Waals surface area contributed by atoms with E-state index in [2.05, 4.69) is 5.32 Å². The van der Waals surface area contributed by atoms with Gasteiger partial charge in [-0.25, -0.2) is 8.78 Å². The monoisotopic (exact) mass is 285 g/mol. The van der Waals surface area contributed by atoms with E-state index in [1.165, 1.54) is 12.1 Å². The number of halogens is 2. The van der Waals surface area contributed by atoms with Crippen LogP contribution in [-0.2, 0) is 16.0 Å². The van der Waals surface area contributed by atoms with Gasteiger partial charge < -0.3 is 10.4 Å². The van der Waals surface area contributed by atoms with Gasteiger partial charge in [0.05, 0.1) is 12.3 Å². The third kappa shape index (κ3) is 4.60. The summed E-state index contributed by atoms with van der Waals surface area (Å²) in [5.74, 6) is -4.24. The highest BCUT2D eigenvalue weighted by Crippen LogP contribution is 2.12. The van der Waals surface area contributed by atoms with E-state index in [0.29, 0.717) is 12.8 Å². The molecular formula is C14H17F2NO3. The average molecular weight is 285 g/mol. The van der Waals surface area contributed by atoms with E-state index < -0.39 is 29.4 Å². The van der Waals surface area contributed by atoms with Crippen LogP contribution in [0.3, 0.4) is 0 Å². The fraction of sp³-hybridized carbons (Fsp3) is 0.429. The largest absolute Gasteiger partial charge is 0.481 e. The Hall–Kier alpha value is -1.98. The van der Waals surface area contributed by atoms with Gasteiger partial charge in [-0.15, -0.1) is 0 Å². The SMILES string of the molecule is CCCC(CNC(=O)Cc1cccc(F)c1F)C(=O)O. The zero-order chi connectivity index (χ0) is 15.1. The first-order chi connectivity index (χ1) is 9.45. The molecule has 4 nitrogen and oxygen atoms in total. The maximum Gasteiger partial charge on any atom is 0.308 e. The predicted octanol–water partition coefficient (Wildman–Crippen LogP) is 2.12. The Morgan fingerprint density at radius 3 is 2.65 bits per heavy atom. The number of rotatable bonds is 7. The summed E-state index contributed by atoms with van der Waals surface area (Å²) in [6.07, 6.45) is 0.817. The van der Waals surface area contributed by atoms with Gasteiger partial charge in [0.15, 0.2) is 11.6 Å². The highest BCUT2D eigenvalue weighted by Gasteiger charge is 2.18. The molecular weight excluding hydrogens is 268 g/mol. The molecule has 0 fully saturated rings. The van der Waals surface area contributed by atoms with Gasteiger partial charge >= 0.3 is 5.97 Å². The predicted molar refractivity (Wildman–Crippen MR) is 69.1 cm³/mol. The van der Waals surface area contributed by atoms with E-state index in [-0.39, 0.29) is 18.5 Å². The van der Waals surface area contributed by atoms with Crippen LogP contribution in [0.2, 0.25) is 0 Å². The molecule has 110 valence electrons. The summed E-state index contributed by atoms with van der Waals surface area (Å²) in [5.41, 5.74) is -0.0510. The number of carboxylic acids is 1. The summed E-state index contributed by atoms with van der Waals surface area (Å²) in [7, 11) is 0. The van der Waals surface area contributed by atoms with E-state index >= 15 is 0 Å². The van der Waals surface area contributed by atoms with E-state index in [1.807, 2.05) is 6.92 Å². The Balaban J connectivity index is 2.55.